The first-order chi connectivity index (χ1) is 8.40. The number of aryl methyl sites for hydroxylation is 1. The molecule has 0 bridgehead atoms. The van der Waals surface area contributed by atoms with E-state index in [-0.39, 0.29) is 4.21 Å². The van der Waals surface area contributed by atoms with Crippen molar-refractivity contribution in [1.29, 1.82) is 0 Å². The fourth-order valence-electron chi connectivity index (χ4n) is 1.34. The van der Waals surface area contributed by atoms with E-state index in [2.05, 4.69) is 20.7 Å². The van der Waals surface area contributed by atoms with Crippen molar-refractivity contribution < 1.29 is 8.42 Å². The van der Waals surface area contributed by atoms with Gasteiger partial charge in [-0.05, 0) is 40.5 Å². The molecule has 0 aliphatic carbocycles. The van der Waals surface area contributed by atoms with Gasteiger partial charge in [0.1, 0.15) is 4.21 Å². The van der Waals surface area contributed by atoms with Crippen LogP contribution in [-0.2, 0) is 10.0 Å². The van der Waals surface area contributed by atoms with E-state index in [4.69, 9.17) is 11.6 Å². The van der Waals surface area contributed by atoms with Crippen molar-refractivity contribution in [2.45, 2.75) is 11.1 Å². The summed E-state index contributed by atoms with van der Waals surface area (Å²) in [5, 5.41) is 0.394. The van der Waals surface area contributed by atoms with Gasteiger partial charge in [0.25, 0.3) is 10.0 Å². The number of nitrogens with one attached hydrogen (secondary N) is 1. The van der Waals surface area contributed by atoms with Gasteiger partial charge in [-0.3, -0.25) is 4.72 Å². The standard InChI is InChI=1S/C11H9BrClNO2S2/c1-7-4-2-3-5-9(7)14-18(15,16)10-6-8(13)11(12)17-10/h2-6,14H,1H3. The lowest BCUT2D eigenvalue weighted by atomic mass is 10.2. The zero-order valence-electron chi connectivity index (χ0n) is 9.28. The van der Waals surface area contributed by atoms with Crippen molar-refractivity contribution in [2.24, 2.45) is 0 Å². The molecule has 18 heavy (non-hydrogen) atoms. The predicted octanol–water partition coefficient (Wildman–Crippen LogP) is 4.27. The maximum atomic E-state index is 12.1. The molecule has 7 heteroatoms. The van der Waals surface area contributed by atoms with Gasteiger partial charge >= 0.3 is 0 Å². The highest BCUT2D eigenvalue weighted by Crippen LogP contribution is 2.35. The van der Waals surface area contributed by atoms with Crippen LogP contribution in [0.25, 0.3) is 0 Å². The van der Waals surface area contributed by atoms with Crippen LogP contribution in [0, 0.1) is 6.92 Å². The molecule has 0 radical (unpaired) electrons. The Morgan fingerprint density at radius 1 is 1.33 bits per heavy atom. The van der Waals surface area contributed by atoms with Crippen LogP contribution in [0.2, 0.25) is 5.02 Å². The third-order valence-corrected chi connectivity index (χ3v) is 6.59. The summed E-state index contributed by atoms with van der Waals surface area (Å²) < 4.78 is 27.6. The first kappa shape index (κ1) is 13.9. The first-order valence-electron chi connectivity index (χ1n) is 4.93. The van der Waals surface area contributed by atoms with Gasteiger partial charge in [-0.15, -0.1) is 11.3 Å². The van der Waals surface area contributed by atoms with Crippen LogP contribution in [0.4, 0.5) is 5.69 Å². The van der Waals surface area contributed by atoms with Crippen molar-refractivity contribution in [3.63, 3.8) is 0 Å². The second-order valence-corrected chi connectivity index (χ2v) is 8.29. The normalized spacial score (nSPS) is 11.5. The van der Waals surface area contributed by atoms with Gasteiger partial charge < -0.3 is 0 Å². The van der Waals surface area contributed by atoms with E-state index in [1.807, 2.05) is 19.1 Å². The summed E-state index contributed by atoms with van der Waals surface area (Å²) in [5.41, 5.74) is 1.43. The highest BCUT2D eigenvalue weighted by molar-refractivity contribution is 9.11. The van der Waals surface area contributed by atoms with Gasteiger partial charge in [0, 0.05) is 0 Å². The summed E-state index contributed by atoms with van der Waals surface area (Å²) in [6.45, 7) is 1.84. The van der Waals surface area contributed by atoms with Crippen molar-refractivity contribution >= 4 is 54.6 Å². The summed E-state index contributed by atoms with van der Waals surface area (Å²) in [7, 11) is -3.58. The Balaban J connectivity index is 2.36. The lowest BCUT2D eigenvalue weighted by Gasteiger charge is -2.08. The Morgan fingerprint density at radius 2 is 2.00 bits per heavy atom. The van der Waals surface area contributed by atoms with E-state index in [0.717, 1.165) is 16.9 Å². The molecule has 0 aliphatic rings. The molecule has 0 amide bonds. The number of hydrogen-bond donors (Lipinski definition) is 1. The molecule has 1 N–H and O–H groups in total. The molecule has 1 aromatic carbocycles. The maximum Gasteiger partial charge on any atom is 0.271 e. The zero-order chi connectivity index (χ0) is 13.3. The van der Waals surface area contributed by atoms with Crippen molar-refractivity contribution in [3.05, 3.63) is 44.7 Å². The van der Waals surface area contributed by atoms with Gasteiger partial charge in [0.2, 0.25) is 0 Å². The molecule has 0 saturated heterocycles. The van der Waals surface area contributed by atoms with Gasteiger partial charge in [-0.2, -0.15) is 0 Å². The Labute approximate surface area is 123 Å². The van der Waals surface area contributed by atoms with Crippen LogP contribution in [0.15, 0.2) is 38.3 Å². The van der Waals surface area contributed by atoms with Gasteiger partial charge in [0.05, 0.1) is 14.5 Å². The van der Waals surface area contributed by atoms with Gasteiger partial charge in [-0.1, -0.05) is 29.8 Å². The molecule has 0 unspecified atom stereocenters. The zero-order valence-corrected chi connectivity index (χ0v) is 13.3. The van der Waals surface area contributed by atoms with Crippen LogP contribution in [0.5, 0.6) is 0 Å². The monoisotopic (exact) mass is 365 g/mol. The number of halogens is 2. The number of benzene rings is 1. The molecule has 0 aliphatic heterocycles. The summed E-state index contributed by atoms with van der Waals surface area (Å²) in [6, 6.07) is 8.62. The Morgan fingerprint density at radius 3 is 2.56 bits per heavy atom. The highest BCUT2D eigenvalue weighted by atomic mass is 79.9. The number of anilines is 1. The molecule has 96 valence electrons. The van der Waals surface area contributed by atoms with Crippen LogP contribution < -0.4 is 4.72 Å². The molecule has 0 fully saturated rings. The minimum absolute atomic E-state index is 0.183. The predicted molar refractivity (Wildman–Crippen MR) is 79.0 cm³/mol. The maximum absolute atomic E-state index is 12.1. The third-order valence-electron chi connectivity index (χ3n) is 2.28. The fourth-order valence-corrected chi connectivity index (χ4v) is 4.87. The van der Waals surface area contributed by atoms with E-state index >= 15 is 0 Å². The first-order valence-corrected chi connectivity index (χ1v) is 8.40. The average Bonchev–Trinajstić information content (AvgIpc) is 2.63. The van der Waals surface area contributed by atoms with Crippen LogP contribution in [0.3, 0.4) is 0 Å². The van der Waals surface area contributed by atoms with Crippen LogP contribution in [-0.4, -0.2) is 8.42 Å². The third kappa shape index (κ3) is 2.88. The molecule has 2 rings (SSSR count). The summed E-state index contributed by atoms with van der Waals surface area (Å²) in [4.78, 5) is 0. The van der Waals surface area contributed by atoms with E-state index < -0.39 is 10.0 Å². The molecule has 0 saturated carbocycles. The number of sulfonamides is 1. The van der Waals surface area contributed by atoms with Crippen LogP contribution >= 0.6 is 38.9 Å². The number of rotatable bonds is 3. The van der Waals surface area contributed by atoms with Crippen LogP contribution in [0.1, 0.15) is 5.56 Å². The second-order valence-electron chi connectivity index (χ2n) is 3.61. The topological polar surface area (TPSA) is 46.2 Å². The summed E-state index contributed by atoms with van der Waals surface area (Å²) in [6.07, 6.45) is 0. The Kier molecular flexibility index (Phi) is 4.01. The largest absolute Gasteiger partial charge is 0.279 e. The fraction of sp³-hybridized carbons (Fsp3) is 0.0909. The molecular formula is C11H9BrClNO2S2. The molecule has 3 nitrogen and oxygen atoms in total. The smallest absolute Gasteiger partial charge is 0.271 e. The minimum atomic E-state index is -3.58. The highest BCUT2D eigenvalue weighted by Gasteiger charge is 2.19. The Hall–Kier alpha value is -0.560. The molecule has 0 atom stereocenters. The van der Waals surface area contributed by atoms with Gasteiger partial charge in [-0.25, -0.2) is 8.42 Å². The summed E-state index contributed by atoms with van der Waals surface area (Å²) >= 11 is 10.1. The van der Waals surface area contributed by atoms with E-state index in [1.165, 1.54) is 6.07 Å². The van der Waals surface area contributed by atoms with Crippen molar-refractivity contribution in [2.75, 3.05) is 4.72 Å². The lowest BCUT2D eigenvalue weighted by molar-refractivity contribution is 0.603. The lowest BCUT2D eigenvalue weighted by Crippen LogP contribution is -2.12. The van der Waals surface area contributed by atoms with E-state index in [0.29, 0.717) is 14.5 Å². The number of hydrogen-bond acceptors (Lipinski definition) is 3. The Bertz CT molecular complexity index is 663. The summed E-state index contributed by atoms with van der Waals surface area (Å²) in [5.74, 6) is 0. The van der Waals surface area contributed by atoms with Crippen molar-refractivity contribution in [1.82, 2.24) is 0 Å². The molecule has 2 aromatic rings. The molecule has 1 aromatic heterocycles. The average molecular weight is 367 g/mol. The quantitative estimate of drug-likeness (QED) is 0.881. The van der Waals surface area contributed by atoms with Crippen molar-refractivity contribution in [3.8, 4) is 0 Å². The second kappa shape index (κ2) is 5.21. The number of thiophene rings is 1. The number of para-hydroxylation sites is 1. The van der Waals surface area contributed by atoms with E-state index in [1.54, 1.807) is 12.1 Å². The molecular weight excluding hydrogens is 358 g/mol. The minimum Gasteiger partial charge on any atom is -0.279 e. The van der Waals surface area contributed by atoms with E-state index in [9.17, 15) is 8.42 Å². The SMILES string of the molecule is Cc1ccccc1NS(=O)(=O)c1cc(Cl)c(Br)s1. The van der Waals surface area contributed by atoms with Gasteiger partial charge in [0.15, 0.2) is 0 Å². The molecule has 1 heterocycles. The molecule has 0 spiro atoms.